The number of allylic oxidation sites excluding steroid dienone is 6. The first-order chi connectivity index (χ1) is 5.26. The first-order valence-corrected chi connectivity index (χ1v) is 3.75. The molecule has 62 valence electrons. The quantitative estimate of drug-likeness (QED) is 0.414. The molecule has 0 amide bonds. The summed E-state index contributed by atoms with van der Waals surface area (Å²) >= 11 is 0. The predicted octanol–water partition coefficient (Wildman–Crippen LogP) is 3.89. The van der Waals surface area contributed by atoms with Crippen LogP contribution in [0.3, 0.4) is 0 Å². The van der Waals surface area contributed by atoms with Crippen LogP contribution in [0.15, 0.2) is 49.1 Å². The number of hydrogen-bond acceptors (Lipinski definition) is 0. The van der Waals surface area contributed by atoms with E-state index in [1.54, 1.807) is 6.08 Å². The van der Waals surface area contributed by atoms with Crippen molar-refractivity contribution in [3.63, 3.8) is 0 Å². The fourth-order valence-corrected chi connectivity index (χ4v) is 0.475. The van der Waals surface area contributed by atoms with Crippen LogP contribution < -0.4 is 0 Å². The molecule has 0 aromatic carbocycles. The molecule has 0 saturated heterocycles. The molecule has 0 atom stereocenters. The van der Waals surface area contributed by atoms with E-state index in [1.165, 1.54) is 5.57 Å². The second-order valence-corrected chi connectivity index (χ2v) is 1.90. The molecule has 0 unspecified atom stereocenters. The van der Waals surface area contributed by atoms with Crippen molar-refractivity contribution < 1.29 is 0 Å². The van der Waals surface area contributed by atoms with Crippen LogP contribution in [0.2, 0.25) is 0 Å². The van der Waals surface area contributed by atoms with Crippen LogP contribution in [0, 0.1) is 0 Å². The molecule has 0 heteroatoms. The van der Waals surface area contributed by atoms with Gasteiger partial charge >= 0.3 is 0 Å². The van der Waals surface area contributed by atoms with Gasteiger partial charge < -0.3 is 0 Å². The minimum atomic E-state index is 1.17. The Balaban J connectivity index is 0. The van der Waals surface area contributed by atoms with Gasteiger partial charge in [-0.2, -0.15) is 0 Å². The van der Waals surface area contributed by atoms with Gasteiger partial charge in [-0.25, -0.2) is 0 Å². The molecule has 0 N–H and O–H groups in total. The fourth-order valence-electron chi connectivity index (χ4n) is 0.475. The normalized spacial score (nSPS) is 10.3. The van der Waals surface area contributed by atoms with E-state index in [1.807, 2.05) is 45.1 Å². The third-order valence-corrected chi connectivity index (χ3v) is 0.928. The van der Waals surface area contributed by atoms with E-state index in [4.69, 9.17) is 0 Å². The summed E-state index contributed by atoms with van der Waals surface area (Å²) in [6.45, 7) is 12.9. The molecule has 0 nitrogen and oxygen atoms in total. The molecule has 0 aliphatic carbocycles. The Morgan fingerprint density at radius 2 is 1.55 bits per heavy atom. The van der Waals surface area contributed by atoms with E-state index in [0.29, 0.717) is 0 Å². The molecule has 0 saturated carbocycles. The second-order valence-electron chi connectivity index (χ2n) is 1.90. The zero-order valence-corrected chi connectivity index (χ0v) is 7.80. The molecule has 0 aromatic rings. The molecule has 0 aromatic heterocycles. The van der Waals surface area contributed by atoms with Crippen molar-refractivity contribution in [1.29, 1.82) is 0 Å². The zero-order valence-electron chi connectivity index (χ0n) is 7.80. The summed E-state index contributed by atoms with van der Waals surface area (Å²) in [5.41, 5.74) is 1.17. The van der Waals surface area contributed by atoms with Crippen LogP contribution in [0.5, 0.6) is 0 Å². The fraction of sp³-hybridized carbons (Fsp3) is 0.273. The van der Waals surface area contributed by atoms with E-state index in [2.05, 4.69) is 13.2 Å². The van der Waals surface area contributed by atoms with E-state index >= 15 is 0 Å². The first-order valence-electron chi connectivity index (χ1n) is 3.75. The minimum Gasteiger partial charge on any atom is -0.103 e. The highest BCUT2D eigenvalue weighted by Gasteiger charge is 1.74. The van der Waals surface area contributed by atoms with Crippen LogP contribution in [0.1, 0.15) is 20.8 Å². The second kappa shape index (κ2) is 11.7. The molecule has 0 bridgehead atoms. The van der Waals surface area contributed by atoms with Gasteiger partial charge in [0.25, 0.3) is 0 Å². The third kappa shape index (κ3) is 12.2. The lowest BCUT2D eigenvalue weighted by molar-refractivity contribution is 1.58. The average molecular weight is 150 g/mol. The molecule has 0 heterocycles. The Bertz CT molecular complexity index is 147. The van der Waals surface area contributed by atoms with Crippen LogP contribution >= 0.6 is 0 Å². The Morgan fingerprint density at radius 1 is 1.09 bits per heavy atom. The van der Waals surface area contributed by atoms with Crippen LogP contribution in [0.25, 0.3) is 0 Å². The highest BCUT2D eigenvalue weighted by Crippen LogP contribution is 1.95. The highest BCUT2D eigenvalue weighted by molar-refractivity contribution is 5.27. The van der Waals surface area contributed by atoms with Gasteiger partial charge in [0.2, 0.25) is 0 Å². The lowest BCUT2D eigenvalue weighted by atomic mass is 10.2. The number of hydrogen-bond donors (Lipinski definition) is 0. The lowest BCUT2D eigenvalue weighted by Crippen LogP contribution is -1.63. The van der Waals surface area contributed by atoms with Crippen molar-refractivity contribution >= 4 is 0 Å². The summed E-state index contributed by atoms with van der Waals surface area (Å²) < 4.78 is 0. The van der Waals surface area contributed by atoms with Crippen molar-refractivity contribution in [3.8, 4) is 0 Å². The molecule has 0 rings (SSSR count). The molecule has 11 heavy (non-hydrogen) atoms. The van der Waals surface area contributed by atoms with Crippen molar-refractivity contribution in [2.24, 2.45) is 0 Å². The summed E-state index contributed by atoms with van der Waals surface area (Å²) in [6.07, 6.45) is 9.62. The molecule has 0 fully saturated rings. The van der Waals surface area contributed by atoms with Crippen molar-refractivity contribution in [1.82, 2.24) is 0 Å². The summed E-state index contributed by atoms with van der Waals surface area (Å²) in [6, 6.07) is 0. The van der Waals surface area contributed by atoms with Gasteiger partial charge in [0.05, 0.1) is 0 Å². The summed E-state index contributed by atoms with van der Waals surface area (Å²) in [7, 11) is 0. The minimum absolute atomic E-state index is 1.17. The van der Waals surface area contributed by atoms with Gasteiger partial charge in [-0.3, -0.25) is 0 Å². The number of rotatable bonds is 2. The molecular weight excluding hydrogens is 132 g/mol. The highest BCUT2D eigenvalue weighted by atomic mass is 13.8. The Labute approximate surface area is 70.6 Å². The van der Waals surface area contributed by atoms with Gasteiger partial charge in [-0.05, 0) is 26.3 Å². The Hall–Kier alpha value is -1.04. The average Bonchev–Trinajstić information content (AvgIpc) is 2.02. The first kappa shape index (κ1) is 12.6. The monoisotopic (exact) mass is 150 g/mol. The standard InChI is InChI=1S/C8H12.C3H6/c1-4-7-8(5-2)6-3;1-3-2/h4-7H,2H2,1,3H3;3H,1H2,2H3/b7-4-,8-6-;. The largest absolute Gasteiger partial charge is 0.103 e. The molecule has 0 aliphatic heterocycles. The van der Waals surface area contributed by atoms with Gasteiger partial charge in [-0.15, -0.1) is 6.58 Å². The Morgan fingerprint density at radius 3 is 1.64 bits per heavy atom. The maximum atomic E-state index is 3.63. The van der Waals surface area contributed by atoms with E-state index in [0.717, 1.165) is 0 Å². The Kier molecular flexibility index (Phi) is 13.4. The maximum Gasteiger partial charge on any atom is -0.0309 e. The summed E-state index contributed by atoms with van der Waals surface area (Å²) in [4.78, 5) is 0. The van der Waals surface area contributed by atoms with Crippen molar-refractivity contribution in [3.05, 3.63) is 49.1 Å². The van der Waals surface area contributed by atoms with Crippen molar-refractivity contribution in [2.75, 3.05) is 0 Å². The van der Waals surface area contributed by atoms with Crippen LogP contribution in [-0.4, -0.2) is 0 Å². The smallest absolute Gasteiger partial charge is 0.0309 e. The molecular formula is C11H18. The lowest BCUT2D eigenvalue weighted by Gasteiger charge is -1.84. The maximum absolute atomic E-state index is 3.63. The van der Waals surface area contributed by atoms with E-state index in [-0.39, 0.29) is 0 Å². The van der Waals surface area contributed by atoms with Gasteiger partial charge in [0.1, 0.15) is 0 Å². The van der Waals surface area contributed by atoms with Crippen LogP contribution in [0.4, 0.5) is 0 Å². The van der Waals surface area contributed by atoms with E-state index < -0.39 is 0 Å². The molecule has 0 spiro atoms. The topological polar surface area (TPSA) is 0 Å². The summed E-state index contributed by atoms with van der Waals surface area (Å²) in [5, 5.41) is 0. The van der Waals surface area contributed by atoms with Gasteiger partial charge in [0.15, 0.2) is 0 Å². The summed E-state index contributed by atoms with van der Waals surface area (Å²) in [5.74, 6) is 0. The zero-order chi connectivity index (χ0) is 9.11. The van der Waals surface area contributed by atoms with Gasteiger partial charge in [-0.1, -0.05) is 37.0 Å². The third-order valence-electron chi connectivity index (χ3n) is 0.928. The molecule has 0 radical (unpaired) electrons. The SMILES string of the molecule is C=CC.C=CC(/C=C\C)=C/C. The van der Waals surface area contributed by atoms with Crippen LogP contribution in [-0.2, 0) is 0 Å². The van der Waals surface area contributed by atoms with Crippen molar-refractivity contribution in [2.45, 2.75) is 20.8 Å². The predicted molar refractivity (Wildman–Crippen MR) is 54.6 cm³/mol. The van der Waals surface area contributed by atoms with Gasteiger partial charge in [0, 0.05) is 0 Å². The van der Waals surface area contributed by atoms with E-state index in [9.17, 15) is 0 Å². The molecule has 0 aliphatic rings.